The van der Waals surface area contributed by atoms with Crippen LogP contribution in [0.1, 0.15) is 5.56 Å². The first-order valence-corrected chi connectivity index (χ1v) is 5.82. The monoisotopic (exact) mass is 276 g/mol. The molecule has 1 nitrogen and oxygen atoms in total. The average molecular weight is 278 g/mol. The molecule has 0 radical (unpaired) electrons. The highest BCUT2D eigenvalue weighted by atomic mass is 79.9. The summed E-state index contributed by atoms with van der Waals surface area (Å²) in [7, 11) is 0. The third kappa shape index (κ3) is 1.56. The lowest BCUT2D eigenvalue weighted by Gasteiger charge is -1.94. The topological polar surface area (TPSA) is 20.2 Å². The van der Waals surface area contributed by atoms with Crippen molar-refractivity contribution in [2.45, 2.75) is 5.88 Å². The molecule has 1 heterocycles. The van der Waals surface area contributed by atoms with Crippen LogP contribution in [-0.2, 0) is 5.88 Å². The number of hydrogen-bond acceptors (Lipinski definition) is 2. The van der Waals surface area contributed by atoms with E-state index >= 15 is 0 Å². The Hall–Kier alpha value is -0.250. The number of alkyl halides is 1. The van der Waals surface area contributed by atoms with Gasteiger partial charge >= 0.3 is 0 Å². The number of aromatic hydroxyl groups is 1. The summed E-state index contributed by atoms with van der Waals surface area (Å²) < 4.78 is 2.10. The van der Waals surface area contributed by atoms with E-state index in [1.54, 1.807) is 23.5 Å². The number of hydrogen-bond donors (Lipinski definition) is 1. The van der Waals surface area contributed by atoms with Crippen molar-refractivity contribution in [2.75, 3.05) is 0 Å². The van der Waals surface area contributed by atoms with Gasteiger partial charge in [0.2, 0.25) is 0 Å². The maximum Gasteiger partial charge on any atom is 0.117 e. The predicted octanol–water partition coefficient (Wildman–Crippen LogP) is 4.11. The maximum atomic E-state index is 9.26. The lowest BCUT2D eigenvalue weighted by Crippen LogP contribution is -1.73. The Kier molecular flexibility index (Phi) is 2.49. The van der Waals surface area contributed by atoms with Gasteiger partial charge < -0.3 is 5.11 Å². The Morgan fingerprint density at radius 2 is 2.23 bits per heavy atom. The second-order valence-electron chi connectivity index (χ2n) is 2.67. The molecule has 0 saturated heterocycles. The normalized spacial score (nSPS) is 10.9. The van der Waals surface area contributed by atoms with Crippen LogP contribution in [0.4, 0.5) is 0 Å². The number of phenols is 1. The number of benzene rings is 1. The molecular weight excluding hydrogens is 272 g/mol. The second-order valence-corrected chi connectivity index (χ2v) is 5.31. The SMILES string of the molecule is Oc1ccc2c(CCl)c(Br)sc2c1. The third-order valence-corrected chi connectivity index (χ3v) is 4.08. The zero-order valence-electron chi connectivity index (χ0n) is 6.55. The summed E-state index contributed by atoms with van der Waals surface area (Å²) in [6, 6.07) is 5.32. The van der Waals surface area contributed by atoms with Crippen LogP contribution in [0.2, 0.25) is 0 Å². The molecule has 0 spiro atoms. The van der Waals surface area contributed by atoms with Gasteiger partial charge in [0, 0.05) is 10.6 Å². The van der Waals surface area contributed by atoms with E-state index in [4.69, 9.17) is 11.6 Å². The van der Waals surface area contributed by atoms with Gasteiger partial charge in [-0.2, -0.15) is 0 Å². The molecule has 1 aromatic carbocycles. The van der Waals surface area contributed by atoms with Gasteiger partial charge in [-0.3, -0.25) is 0 Å². The second kappa shape index (κ2) is 3.48. The van der Waals surface area contributed by atoms with Gasteiger partial charge in [0.1, 0.15) is 5.75 Å². The quantitative estimate of drug-likeness (QED) is 0.778. The molecule has 0 aliphatic carbocycles. The number of phenolic OH excluding ortho intramolecular Hbond substituents is 1. The van der Waals surface area contributed by atoms with Crippen LogP contribution in [-0.4, -0.2) is 5.11 Å². The Morgan fingerprint density at radius 1 is 1.46 bits per heavy atom. The van der Waals surface area contributed by atoms with Crippen molar-refractivity contribution in [3.8, 4) is 5.75 Å². The van der Waals surface area contributed by atoms with Crippen molar-refractivity contribution in [1.82, 2.24) is 0 Å². The van der Waals surface area contributed by atoms with E-state index in [-0.39, 0.29) is 0 Å². The smallest absolute Gasteiger partial charge is 0.117 e. The lowest BCUT2D eigenvalue weighted by molar-refractivity contribution is 0.476. The van der Waals surface area contributed by atoms with Crippen LogP contribution < -0.4 is 0 Å². The summed E-state index contributed by atoms with van der Waals surface area (Å²) in [5, 5.41) is 10.4. The molecule has 0 amide bonds. The highest BCUT2D eigenvalue weighted by Crippen LogP contribution is 2.37. The lowest BCUT2D eigenvalue weighted by atomic mass is 10.2. The van der Waals surface area contributed by atoms with Gasteiger partial charge in [0.25, 0.3) is 0 Å². The summed E-state index contributed by atoms with van der Waals surface area (Å²) in [6.07, 6.45) is 0. The molecule has 4 heteroatoms. The van der Waals surface area contributed by atoms with Gasteiger partial charge in [-0.25, -0.2) is 0 Å². The summed E-state index contributed by atoms with van der Waals surface area (Å²) >= 11 is 10.8. The molecule has 0 bridgehead atoms. The van der Waals surface area contributed by atoms with Crippen LogP contribution in [0, 0.1) is 0 Å². The van der Waals surface area contributed by atoms with Gasteiger partial charge in [-0.15, -0.1) is 22.9 Å². The Morgan fingerprint density at radius 3 is 2.92 bits per heavy atom. The molecular formula is C9H6BrClOS. The number of rotatable bonds is 1. The van der Waals surface area contributed by atoms with E-state index in [1.807, 2.05) is 6.07 Å². The molecule has 0 saturated carbocycles. The Balaban J connectivity index is 2.79. The molecule has 0 fully saturated rings. The first-order valence-electron chi connectivity index (χ1n) is 3.68. The minimum atomic E-state index is 0.294. The van der Waals surface area contributed by atoms with Crippen molar-refractivity contribution in [3.63, 3.8) is 0 Å². The standard InChI is InChI=1S/C9H6BrClOS/c10-9-7(4-11)6-2-1-5(12)3-8(6)13-9/h1-3,12H,4H2. The van der Waals surface area contributed by atoms with Gasteiger partial charge in [-0.05, 0) is 45.1 Å². The summed E-state index contributed by atoms with van der Waals surface area (Å²) in [5.74, 6) is 0.785. The van der Waals surface area contributed by atoms with E-state index in [1.165, 1.54) is 0 Å². The fraction of sp³-hybridized carbons (Fsp3) is 0.111. The van der Waals surface area contributed by atoms with Crippen molar-refractivity contribution < 1.29 is 5.11 Å². The summed E-state index contributed by atoms with van der Waals surface area (Å²) in [5.41, 5.74) is 1.10. The zero-order valence-corrected chi connectivity index (χ0v) is 9.71. The van der Waals surface area contributed by atoms with E-state index in [9.17, 15) is 5.11 Å². The van der Waals surface area contributed by atoms with E-state index in [0.717, 1.165) is 19.4 Å². The molecule has 0 aliphatic rings. The summed E-state index contributed by atoms with van der Waals surface area (Å²) in [4.78, 5) is 0. The summed E-state index contributed by atoms with van der Waals surface area (Å²) in [6.45, 7) is 0. The van der Waals surface area contributed by atoms with Crippen LogP contribution in [0.25, 0.3) is 10.1 Å². The molecule has 0 atom stereocenters. The van der Waals surface area contributed by atoms with Crippen LogP contribution in [0.15, 0.2) is 22.0 Å². The fourth-order valence-corrected chi connectivity index (χ4v) is 3.61. The molecule has 0 aliphatic heterocycles. The van der Waals surface area contributed by atoms with Gasteiger partial charge in [-0.1, -0.05) is 0 Å². The molecule has 68 valence electrons. The van der Waals surface area contributed by atoms with Crippen molar-refractivity contribution in [3.05, 3.63) is 27.5 Å². The molecule has 1 aromatic heterocycles. The van der Waals surface area contributed by atoms with E-state index < -0.39 is 0 Å². The van der Waals surface area contributed by atoms with E-state index in [2.05, 4.69) is 15.9 Å². The zero-order chi connectivity index (χ0) is 9.42. The molecule has 1 N–H and O–H groups in total. The highest BCUT2D eigenvalue weighted by Gasteiger charge is 2.08. The van der Waals surface area contributed by atoms with Crippen LogP contribution in [0.5, 0.6) is 5.75 Å². The van der Waals surface area contributed by atoms with Crippen molar-refractivity contribution >= 4 is 49.0 Å². The molecule has 2 aromatic rings. The number of halogens is 2. The van der Waals surface area contributed by atoms with Gasteiger partial charge in [0.05, 0.1) is 3.79 Å². The minimum absolute atomic E-state index is 0.294. The number of thiophene rings is 1. The van der Waals surface area contributed by atoms with Gasteiger partial charge in [0.15, 0.2) is 0 Å². The van der Waals surface area contributed by atoms with Crippen LogP contribution >= 0.6 is 38.9 Å². The Labute approximate surface area is 93.1 Å². The molecule has 0 unspecified atom stereocenters. The largest absolute Gasteiger partial charge is 0.508 e. The predicted molar refractivity (Wildman–Crippen MR) is 60.7 cm³/mol. The first-order chi connectivity index (χ1) is 6.22. The number of fused-ring (bicyclic) bond motifs is 1. The van der Waals surface area contributed by atoms with Crippen molar-refractivity contribution in [2.24, 2.45) is 0 Å². The van der Waals surface area contributed by atoms with E-state index in [0.29, 0.717) is 11.6 Å². The first kappa shape index (κ1) is 9.31. The molecule has 13 heavy (non-hydrogen) atoms. The Bertz CT molecular complexity index is 452. The van der Waals surface area contributed by atoms with Crippen LogP contribution in [0.3, 0.4) is 0 Å². The highest BCUT2D eigenvalue weighted by molar-refractivity contribution is 9.11. The molecule has 2 rings (SSSR count). The average Bonchev–Trinajstić information content (AvgIpc) is 2.39. The van der Waals surface area contributed by atoms with Crippen molar-refractivity contribution in [1.29, 1.82) is 0 Å². The minimum Gasteiger partial charge on any atom is -0.508 e. The fourth-order valence-electron chi connectivity index (χ4n) is 1.23. The maximum absolute atomic E-state index is 9.26. The third-order valence-electron chi connectivity index (χ3n) is 1.86.